The minimum atomic E-state index is -0.344. The lowest BCUT2D eigenvalue weighted by Crippen LogP contribution is -2.40. The second kappa shape index (κ2) is 6.09. The molecule has 0 aromatic heterocycles. The summed E-state index contributed by atoms with van der Waals surface area (Å²) in [6.45, 7) is 3.76. The van der Waals surface area contributed by atoms with E-state index in [9.17, 15) is 0 Å². The van der Waals surface area contributed by atoms with Crippen LogP contribution < -0.4 is 5.32 Å². The van der Waals surface area contributed by atoms with Crippen molar-refractivity contribution in [2.75, 3.05) is 20.3 Å². The van der Waals surface area contributed by atoms with Crippen molar-refractivity contribution < 1.29 is 4.74 Å². The lowest BCUT2D eigenvalue weighted by atomic mass is 9.92. The van der Waals surface area contributed by atoms with Crippen LogP contribution in [0.2, 0.25) is 0 Å². The number of hydrogen-bond acceptors (Lipinski definition) is 3. The van der Waals surface area contributed by atoms with Crippen molar-refractivity contribution in [1.29, 1.82) is 5.26 Å². The first-order valence-corrected chi connectivity index (χ1v) is 5.94. The highest BCUT2D eigenvalue weighted by molar-refractivity contribution is 5.05. The SMILES string of the molecule is CCC(C#N)(CCCOCC1CC1)NC. The van der Waals surface area contributed by atoms with E-state index in [4.69, 9.17) is 10.00 Å². The van der Waals surface area contributed by atoms with Gasteiger partial charge >= 0.3 is 0 Å². The first-order chi connectivity index (χ1) is 7.26. The molecule has 1 aliphatic rings. The summed E-state index contributed by atoms with van der Waals surface area (Å²) in [5, 5.41) is 12.2. The number of ether oxygens (including phenoxy) is 1. The standard InChI is InChI=1S/C12H22N2O/c1-3-12(10-13,14-2)7-4-8-15-9-11-5-6-11/h11,14H,3-9H2,1-2H3. The van der Waals surface area contributed by atoms with Gasteiger partial charge in [0.05, 0.1) is 6.07 Å². The predicted octanol–water partition coefficient (Wildman–Crippen LogP) is 2.08. The lowest BCUT2D eigenvalue weighted by molar-refractivity contribution is 0.116. The van der Waals surface area contributed by atoms with Crippen molar-refractivity contribution >= 4 is 0 Å². The van der Waals surface area contributed by atoms with Crippen LogP contribution in [0, 0.1) is 17.2 Å². The third-order valence-corrected chi connectivity index (χ3v) is 3.24. The molecule has 0 radical (unpaired) electrons. The minimum absolute atomic E-state index is 0.344. The number of nitrogens with zero attached hydrogens (tertiary/aromatic N) is 1. The molecule has 15 heavy (non-hydrogen) atoms. The summed E-state index contributed by atoms with van der Waals surface area (Å²) in [6.07, 6.45) is 5.37. The van der Waals surface area contributed by atoms with E-state index in [-0.39, 0.29) is 5.54 Å². The van der Waals surface area contributed by atoms with Crippen LogP contribution in [0.25, 0.3) is 0 Å². The van der Waals surface area contributed by atoms with Crippen LogP contribution >= 0.6 is 0 Å². The van der Waals surface area contributed by atoms with Crippen LogP contribution in [0.15, 0.2) is 0 Å². The summed E-state index contributed by atoms with van der Waals surface area (Å²) >= 11 is 0. The molecule has 0 bridgehead atoms. The van der Waals surface area contributed by atoms with E-state index in [1.165, 1.54) is 12.8 Å². The van der Waals surface area contributed by atoms with Crippen molar-refractivity contribution in [3.05, 3.63) is 0 Å². The van der Waals surface area contributed by atoms with E-state index in [0.717, 1.165) is 38.4 Å². The average molecular weight is 210 g/mol. The van der Waals surface area contributed by atoms with E-state index >= 15 is 0 Å². The lowest BCUT2D eigenvalue weighted by Gasteiger charge is -2.24. The number of nitrogens with one attached hydrogen (secondary N) is 1. The Labute approximate surface area is 92.8 Å². The topological polar surface area (TPSA) is 45.0 Å². The number of rotatable bonds is 8. The zero-order chi connectivity index (χ0) is 11.1. The summed E-state index contributed by atoms with van der Waals surface area (Å²) in [5.41, 5.74) is -0.344. The van der Waals surface area contributed by atoms with Crippen molar-refractivity contribution in [3.8, 4) is 6.07 Å². The molecule has 1 aliphatic carbocycles. The molecule has 1 atom stereocenters. The largest absolute Gasteiger partial charge is 0.381 e. The number of nitriles is 1. The second-order valence-corrected chi connectivity index (χ2v) is 4.42. The fourth-order valence-corrected chi connectivity index (χ4v) is 1.68. The van der Waals surface area contributed by atoms with Crippen LogP contribution in [0.3, 0.4) is 0 Å². The summed E-state index contributed by atoms with van der Waals surface area (Å²) in [7, 11) is 1.86. The average Bonchev–Trinajstić information content (AvgIpc) is 3.08. The zero-order valence-electron chi connectivity index (χ0n) is 9.88. The second-order valence-electron chi connectivity index (χ2n) is 4.42. The van der Waals surface area contributed by atoms with E-state index in [2.05, 4.69) is 11.4 Å². The van der Waals surface area contributed by atoms with Crippen molar-refractivity contribution in [2.24, 2.45) is 5.92 Å². The molecule has 0 aliphatic heterocycles. The Morgan fingerprint density at radius 2 is 2.27 bits per heavy atom. The molecule has 1 N–H and O–H groups in total. The van der Waals surface area contributed by atoms with Gasteiger partial charge in [0.25, 0.3) is 0 Å². The maximum absolute atomic E-state index is 9.08. The van der Waals surface area contributed by atoms with Gasteiger partial charge in [0.1, 0.15) is 5.54 Å². The van der Waals surface area contributed by atoms with Crippen LogP contribution in [0.4, 0.5) is 0 Å². The summed E-state index contributed by atoms with van der Waals surface area (Å²) in [4.78, 5) is 0. The third kappa shape index (κ3) is 4.19. The Morgan fingerprint density at radius 3 is 2.73 bits per heavy atom. The molecule has 3 heteroatoms. The van der Waals surface area contributed by atoms with E-state index < -0.39 is 0 Å². The van der Waals surface area contributed by atoms with E-state index in [1.54, 1.807) is 0 Å². The highest BCUT2D eigenvalue weighted by Gasteiger charge is 2.25. The first-order valence-electron chi connectivity index (χ1n) is 5.94. The van der Waals surface area contributed by atoms with Crippen LogP contribution in [0.1, 0.15) is 39.0 Å². The van der Waals surface area contributed by atoms with Crippen molar-refractivity contribution in [3.63, 3.8) is 0 Å². The van der Waals surface area contributed by atoms with Gasteiger partial charge in [0, 0.05) is 13.2 Å². The van der Waals surface area contributed by atoms with Crippen LogP contribution in [-0.4, -0.2) is 25.8 Å². The molecule has 1 rings (SSSR count). The Hall–Kier alpha value is -0.590. The molecular formula is C12H22N2O. The molecule has 0 heterocycles. The molecule has 0 aromatic carbocycles. The quantitative estimate of drug-likeness (QED) is 0.624. The molecule has 0 aromatic rings. The molecule has 1 saturated carbocycles. The number of hydrogen-bond donors (Lipinski definition) is 1. The molecule has 0 amide bonds. The minimum Gasteiger partial charge on any atom is -0.381 e. The Kier molecular flexibility index (Phi) is 5.07. The smallest absolute Gasteiger partial charge is 0.106 e. The van der Waals surface area contributed by atoms with Crippen molar-refractivity contribution in [1.82, 2.24) is 5.32 Å². The van der Waals surface area contributed by atoms with Crippen molar-refractivity contribution in [2.45, 2.75) is 44.6 Å². The molecule has 0 spiro atoms. The highest BCUT2D eigenvalue weighted by atomic mass is 16.5. The van der Waals surface area contributed by atoms with Crippen LogP contribution in [-0.2, 0) is 4.74 Å². The van der Waals surface area contributed by atoms with E-state index in [0.29, 0.717) is 0 Å². The maximum Gasteiger partial charge on any atom is 0.106 e. The van der Waals surface area contributed by atoms with Gasteiger partial charge in [-0.2, -0.15) is 5.26 Å². The van der Waals surface area contributed by atoms with Gasteiger partial charge in [-0.15, -0.1) is 0 Å². The molecule has 86 valence electrons. The van der Waals surface area contributed by atoms with Gasteiger partial charge in [0.2, 0.25) is 0 Å². The summed E-state index contributed by atoms with van der Waals surface area (Å²) < 4.78 is 5.55. The molecule has 0 saturated heterocycles. The predicted molar refractivity (Wildman–Crippen MR) is 60.5 cm³/mol. The Morgan fingerprint density at radius 1 is 1.53 bits per heavy atom. The van der Waals surface area contributed by atoms with Gasteiger partial charge in [-0.05, 0) is 45.1 Å². The Bertz CT molecular complexity index is 214. The van der Waals surface area contributed by atoms with Gasteiger partial charge in [-0.1, -0.05) is 6.92 Å². The van der Waals surface area contributed by atoms with Gasteiger partial charge in [0.15, 0.2) is 0 Å². The normalized spacial score (nSPS) is 19.5. The van der Waals surface area contributed by atoms with Gasteiger partial charge in [-0.3, -0.25) is 0 Å². The monoisotopic (exact) mass is 210 g/mol. The van der Waals surface area contributed by atoms with E-state index in [1.807, 2.05) is 14.0 Å². The summed E-state index contributed by atoms with van der Waals surface area (Å²) in [5.74, 6) is 0.834. The highest BCUT2D eigenvalue weighted by Crippen LogP contribution is 2.28. The Balaban J connectivity index is 2.07. The third-order valence-electron chi connectivity index (χ3n) is 3.24. The van der Waals surface area contributed by atoms with Gasteiger partial charge < -0.3 is 10.1 Å². The molecular weight excluding hydrogens is 188 g/mol. The van der Waals surface area contributed by atoms with Gasteiger partial charge in [-0.25, -0.2) is 0 Å². The molecule has 1 fully saturated rings. The molecule has 1 unspecified atom stereocenters. The van der Waals surface area contributed by atoms with Crippen LogP contribution in [0.5, 0.6) is 0 Å². The fraction of sp³-hybridized carbons (Fsp3) is 0.917. The summed E-state index contributed by atoms with van der Waals surface area (Å²) in [6, 6.07) is 2.36. The fourth-order valence-electron chi connectivity index (χ4n) is 1.68. The maximum atomic E-state index is 9.08. The zero-order valence-corrected chi connectivity index (χ0v) is 9.88. The molecule has 3 nitrogen and oxygen atoms in total. The first kappa shape index (κ1) is 12.5.